The minimum Gasteiger partial charge on any atom is -0.349 e. The van der Waals surface area contributed by atoms with Gasteiger partial charge in [0.2, 0.25) is 5.91 Å². The highest BCUT2D eigenvalue weighted by Gasteiger charge is 2.28. The topological polar surface area (TPSA) is 74.3 Å². The summed E-state index contributed by atoms with van der Waals surface area (Å²) >= 11 is 0. The number of halogens is 1. The molecule has 2 fully saturated rings. The molecule has 2 amide bonds. The van der Waals surface area contributed by atoms with E-state index in [0.717, 1.165) is 45.3 Å². The van der Waals surface area contributed by atoms with Crippen LogP contribution in [0.1, 0.15) is 49.4 Å². The Morgan fingerprint density at radius 1 is 1.19 bits per heavy atom. The number of nitrogens with one attached hydrogen (secondary N) is 2. The first-order chi connectivity index (χ1) is 15.5. The number of carbonyl (C=O) groups is 2. The predicted octanol–water partition coefficient (Wildman–Crippen LogP) is 3.39. The summed E-state index contributed by atoms with van der Waals surface area (Å²) in [4.78, 5) is 31.6. The summed E-state index contributed by atoms with van der Waals surface area (Å²) in [6.45, 7) is 4.61. The highest BCUT2D eigenvalue weighted by atomic mass is 19.1. The summed E-state index contributed by atoms with van der Waals surface area (Å²) in [7, 11) is 0. The molecule has 32 heavy (non-hydrogen) atoms. The molecule has 2 aliphatic rings. The van der Waals surface area contributed by atoms with Gasteiger partial charge in [0.25, 0.3) is 5.91 Å². The molecule has 2 N–H and O–H groups in total. The Hall–Kier alpha value is -2.80. The van der Waals surface area contributed by atoms with E-state index in [1.807, 2.05) is 4.90 Å². The molecule has 2 aromatic rings. The van der Waals surface area contributed by atoms with Crippen molar-refractivity contribution in [2.24, 2.45) is 5.92 Å². The van der Waals surface area contributed by atoms with Gasteiger partial charge in [-0.25, -0.2) is 4.39 Å². The van der Waals surface area contributed by atoms with Crippen molar-refractivity contribution in [2.75, 3.05) is 19.6 Å². The van der Waals surface area contributed by atoms with Gasteiger partial charge in [-0.15, -0.1) is 0 Å². The van der Waals surface area contributed by atoms with Crippen molar-refractivity contribution in [1.29, 1.82) is 0 Å². The Bertz CT molecular complexity index is 941. The van der Waals surface area contributed by atoms with Gasteiger partial charge in [0, 0.05) is 49.9 Å². The van der Waals surface area contributed by atoms with Gasteiger partial charge in [-0.1, -0.05) is 12.1 Å². The number of amides is 2. The first kappa shape index (κ1) is 22.4. The minimum atomic E-state index is -0.314. The van der Waals surface area contributed by atoms with Crippen LogP contribution in [0.4, 0.5) is 4.39 Å². The van der Waals surface area contributed by atoms with Gasteiger partial charge in [-0.05, 0) is 62.8 Å². The van der Waals surface area contributed by atoms with Crippen molar-refractivity contribution in [1.82, 2.24) is 20.5 Å². The Morgan fingerprint density at radius 3 is 2.69 bits per heavy atom. The van der Waals surface area contributed by atoms with Gasteiger partial charge in [0.15, 0.2) is 0 Å². The molecule has 7 heteroatoms. The van der Waals surface area contributed by atoms with E-state index in [1.54, 1.807) is 24.3 Å². The van der Waals surface area contributed by atoms with Crippen LogP contribution < -0.4 is 10.6 Å². The summed E-state index contributed by atoms with van der Waals surface area (Å²) in [5.41, 5.74) is 1.81. The van der Waals surface area contributed by atoms with E-state index < -0.39 is 0 Å². The van der Waals surface area contributed by atoms with Gasteiger partial charge in [-0.3, -0.25) is 14.6 Å². The molecule has 1 aliphatic heterocycles. The molecule has 1 aromatic heterocycles. The second kappa shape index (κ2) is 10.2. The van der Waals surface area contributed by atoms with E-state index in [0.29, 0.717) is 29.2 Å². The molecule has 4 rings (SSSR count). The van der Waals surface area contributed by atoms with E-state index in [1.165, 1.54) is 18.3 Å². The molecule has 1 saturated carbocycles. The fourth-order valence-corrected chi connectivity index (χ4v) is 4.70. The van der Waals surface area contributed by atoms with Crippen molar-refractivity contribution < 1.29 is 14.0 Å². The van der Waals surface area contributed by atoms with Crippen LogP contribution >= 0.6 is 0 Å². The third-order valence-corrected chi connectivity index (χ3v) is 6.61. The van der Waals surface area contributed by atoms with Crippen LogP contribution in [0.15, 0.2) is 42.6 Å². The average Bonchev–Trinajstić information content (AvgIpc) is 2.80. The van der Waals surface area contributed by atoms with Crippen molar-refractivity contribution >= 4 is 11.8 Å². The number of piperazine rings is 1. The molecular weight excluding hydrogens is 407 g/mol. The largest absolute Gasteiger partial charge is 0.349 e. The van der Waals surface area contributed by atoms with Gasteiger partial charge in [0.1, 0.15) is 5.82 Å². The van der Waals surface area contributed by atoms with Crippen molar-refractivity contribution in [3.63, 3.8) is 0 Å². The Kier molecular flexibility index (Phi) is 7.15. The SMILES string of the molecule is CC1CNCCN1C(=O)CC1CCC(NC(=O)c2ccc(-c3cccc(F)c3)nc2)CC1. The fourth-order valence-electron chi connectivity index (χ4n) is 4.70. The normalized spacial score (nSPS) is 23.6. The maximum Gasteiger partial charge on any atom is 0.253 e. The zero-order valence-electron chi connectivity index (χ0n) is 18.5. The highest BCUT2D eigenvalue weighted by molar-refractivity contribution is 5.94. The summed E-state index contributed by atoms with van der Waals surface area (Å²) < 4.78 is 13.4. The number of hydrogen-bond donors (Lipinski definition) is 2. The molecule has 0 radical (unpaired) electrons. The minimum absolute atomic E-state index is 0.120. The summed E-state index contributed by atoms with van der Waals surface area (Å²) in [5, 5.41) is 6.43. The number of nitrogens with zero attached hydrogens (tertiary/aromatic N) is 2. The third-order valence-electron chi connectivity index (χ3n) is 6.61. The van der Waals surface area contributed by atoms with Gasteiger partial charge < -0.3 is 15.5 Å². The van der Waals surface area contributed by atoms with Crippen LogP contribution in [-0.2, 0) is 4.79 Å². The Morgan fingerprint density at radius 2 is 2.00 bits per heavy atom. The summed E-state index contributed by atoms with van der Waals surface area (Å²) in [6.07, 6.45) is 5.82. The van der Waals surface area contributed by atoms with Crippen molar-refractivity contribution in [3.8, 4) is 11.3 Å². The quantitative estimate of drug-likeness (QED) is 0.751. The van der Waals surface area contributed by atoms with E-state index >= 15 is 0 Å². The standard InChI is InChI=1S/C25H31FN4O2/c1-17-15-27-11-12-30(17)24(31)13-18-5-8-22(9-6-18)29-25(32)20-7-10-23(28-16-20)19-3-2-4-21(26)14-19/h2-4,7,10,14,16-18,22,27H,5-6,8-9,11-13,15H2,1H3,(H,29,32). The first-order valence-electron chi connectivity index (χ1n) is 11.5. The monoisotopic (exact) mass is 438 g/mol. The molecule has 170 valence electrons. The lowest BCUT2D eigenvalue weighted by atomic mass is 9.83. The van der Waals surface area contributed by atoms with Crippen LogP contribution in [0.2, 0.25) is 0 Å². The lowest BCUT2D eigenvalue weighted by Gasteiger charge is -2.36. The molecule has 1 aliphatic carbocycles. The average molecular weight is 439 g/mol. The molecule has 6 nitrogen and oxygen atoms in total. The second-order valence-electron chi connectivity index (χ2n) is 8.98. The second-order valence-corrected chi connectivity index (χ2v) is 8.98. The number of carbonyl (C=O) groups excluding carboxylic acids is 2. The van der Waals surface area contributed by atoms with E-state index in [9.17, 15) is 14.0 Å². The predicted molar refractivity (Wildman–Crippen MR) is 122 cm³/mol. The van der Waals surface area contributed by atoms with Crippen molar-refractivity contribution in [3.05, 3.63) is 54.0 Å². The first-order valence-corrected chi connectivity index (χ1v) is 11.5. The molecule has 1 atom stereocenters. The molecule has 0 bridgehead atoms. The maximum absolute atomic E-state index is 13.4. The zero-order chi connectivity index (χ0) is 22.5. The molecule has 0 spiro atoms. The molecule has 1 unspecified atom stereocenters. The summed E-state index contributed by atoms with van der Waals surface area (Å²) in [5.74, 6) is 0.198. The Balaban J connectivity index is 1.25. The van der Waals surface area contributed by atoms with Crippen LogP contribution in [0.5, 0.6) is 0 Å². The van der Waals surface area contributed by atoms with E-state index in [4.69, 9.17) is 0 Å². The van der Waals surface area contributed by atoms with Crippen LogP contribution in [-0.4, -0.2) is 53.4 Å². The third kappa shape index (κ3) is 5.51. The molecule has 2 heterocycles. The van der Waals surface area contributed by atoms with E-state index in [2.05, 4.69) is 22.5 Å². The lowest BCUT2D eigenvalue weighted by molar-refractivity contribution is -0.135. The summed E-state index contributed by atoms with van der Waals surface area (Å²) in [6, 6.07) is 10.1. The number of hydrogen-bond acceptors (Lipinski definition) is 4. The number of benzene rings is 1. The highest BCUT2D eigenvalue weighted by Crippen LogP contribution is 2.28. The Labute approximate surface area is 188 Å². The number of rotatable bonds is 5. The molecule has 1 saturated heterocycles. The maximum atomic E-state index is 13.4. The van der Waals surface area contributed by atoms with Gasteiger partial charge >= 0.3 is 0 Å². The van der Waals surface area contributed by atoms with Crippen LogP contribution in [0.25, 0.3) is 11.3 Å². The molecular formula is C25H31FN4O2. The van der Waals surface area contributed by atoms with Crippen LogP contribution in [0, 0.1) is 11.7 Å². The number of aromatic nitrogens is 1. The lowest BCUT2D eigenvalue weighted by Crippen LogP contribution is -2.52. The molecule has 1 aromatic carbocycles. The fraction of sp³-hybridized carbons (Fsp3) is 0.480. The van der Waals surface area contributed by atoms with E-state index in [-0.39, 0.29) is 29.7 Å². The van der Waals surface area contributed by atoms with Gasteiger partial charge in [-0.2, -0.15) is 0 Å². The van der Waals surface area contributed by atoms with Crippen LogP contribution in [0.3, 0.4) is 0 Å². The van der Waals surface area contributed by atoms with Gasteiger partial charge in [0.05, 0.1) is 11.3 Å². The van der Waals surface area contributed by atoms with Crippen molar-refractivity contribution in [2.45, 2.75) is 51.1 Å². The smallest absolute Gasteiger partial charge is 0.253 e. The number of pyridine rings is 1. The zero-order valence-corrected chi connectivity index (χ0v) is 18.5.